The molecule has 0 aliphatic carbocycles. The highest BCUT2D eigenvalue weighted by atomic mass is 35.5. The molecule has 1 fully saturated rings. The zero-order valence-corrected chi connectivity index (χ0v) is 14.5. The lowest BCUT2D eigenvalue weighted by Gasteiger charge is -2.16. The first-order valence-corrected chi connectivity index (χ1v) is 9.62. The second-order valence-electron chi connectivity index (χ2n) is 5.65. The quantitative estimate of drug-likeness (QED) is 0.884. The van der Waals surface area contributed by atoms with Crippen molar-refractivity contribution in [2.75, 3.05) is 16.2 Å². The summed E-state index contributed by atoms with van der Waals surface area (Å²) in [6, 6.07) is 13.7. The molecule has 0 aromatic heterocycles. The Balaban J connectivity index is 1.71. The van der Waals surface area contributed by atoms with Gasteiger partial charge in [-0.25, -0.2) is 8.42 Å². The van der Waals surface area contributed by atoms with Gasteiger partial charge in [-0.15, -0.1) is 0 Å². The maximum atomic E-state index is 12.3. The Kier molecular flexibility index (Phi) is 4.78. The predicted octanol–water partition coefficient (Wildman–Crippen LogP) is 3.41. The third-order valence-electron chi connectivity index (χ3n) is 3.83. The van der Waals surface area contributed by atoms with Crippen molar-refractivity contribution in [1.82, 2.24) is 0 Å². The number of rotatable bonds is 5. The Morgan fingerprint density at radius 2 is 1.79 bits per heavy atom. The summed E-state index contributed by atoms with van der Waals surface area (Å²) in [7, 11) is -3.57. The van der Waals surface area contributed by atoms with Crippen LogP contribution in [-0.4, -0.2) is 20.9 Å². The molecule has 0 bridgehead atoms. The Hall–Kier alpha value is -2.05. The molecule has 1 N–H and O–H groups in total. The van der Waals surface area contributed by atoms with E-state index >= 15 is 0 Å². The number of hydrogen-bond acceptors (Lipinski definition) is 3. The molecule has 1 aliphatic heterocycles. The third kappa shape index (κ3) is 3.88. The fourth-order valence-corrected chi connectivity index (χ4v) is 4.18. The summed E-state index contributed by atoms with van der Waals surface area (Å²) in [6.45, 7) is 0.705. The minimum atomic E-state index is -3.57. The minimum absolute atomic E-state index is 0.0991. The number of anilines is 2. The summed E-state index contributed by atoms with van der Waals surface area (Å²) in [5.74, 6) is -0.0963. The molecule has 2 aromatic carbocycles. The maximum absolute atomic E-state index is 12.3. The topological polar surface area (TPSA) is 66.5 Å². The standard InChI is InChI=1S/C17H17ClN2O3S/c18-16-5-2-1-4-13(16)12-24(22,23)19-14-7-9-15(10-8-14)20-11-3-6-17(20)21/h1-2,4-5,7-10,19H,3,6,11-12H2. The molecular weight excluding hydrogens is 348 g/mol. The van der Waals surface area contributed by atoms with E-state index in [2.05, 4.69) is 4.72 Å². The fourth-order valence-electron chi connectivity index (χ4n) is 2.67. The number of sulfonamides is 1. The first kappa shape index (κ1) is 16.8. The largest absolute Gasteiger partial charge is 0.312 e. The van der Waals surface area contributed by atoms with Gasteiger partial charge < -0.3 is 4.90 Å². The Labute approximate surface area is 146 Å². The molecule has 1 aliphatic rings. The number of halogens is 1. The highest BCUT2D eigenvalue weighted by Gasteiger charge is 2.21. The molecule has 0 spiro atoms. The van der Waals surface area contributed by atoms with E-state index in [-0.39, 0.29) is 11.7 Å². The summed E-state index contributed by atoms with van der Waals surface area (Å²) in [6.07, 6.45) is 1.41. The van der Waals surface area contributed by atoms with Crippen LogP contribution in [0, 0.1) is 0 Å². The molecule has 1 heterocycles. The van der Waals surface area contributed by atoms with Gasteiger partial charge in [-0.3, -0.25) is 9.52 Å². The lowest BCUT2D eigenvalue weighted by molar-refractivity contribution is -0.117. The van der Waals surface area contributed by atoms with Crippen LogP contribution in [0.3, 0.4) is 0 Å². The van der Waals surface area contributed by atoms with Crippen LogP contribution in [0.15, 0.2) is 48.5 Å². The minimum Gasteiger partial charge on any atom is -0.312 e. The van der Waals surface area contributed by atoms with Gasteiger partial charge >= 0.3 is 0 Å². The molecule has 0 radical (unpaired) electrons. The van der Waals surface area contributed by atoms with Gasteiger partial charge in [0, 0.05) is 29.4 Å². The molecule has 24 heavy (non-hydrogen) atoms. The van der Waals surface area contributed by atoms with Crippen molar-refractivity contribution in [3.8, 4) is 0 Å². The number of nitrogens with zero attached hydrogens (tertiary/aromatic N) is 1. The first-order chi connectivity index (χ1) is 11.4. The van der Waals surface area contributed by atoms with Crippen LogP contribution in [0.5, 0.6) is 0 Å². The van der Waals surface area contributed by atoms with E-state index in [0.29, 0.717) is 29.2 Å². The molecule has 2 aromatic rings. The van der Waals surface area contributed by atoms with Crippen LogP contribution in [-0.2, 0) is 20.6 Å². The van der Waals surface area contributed by atoms with Crippen LogP contribution in [0.1, 0.15) is 18.4 Å². The summed E-state index contributed by atoms with van der Waals surface area (Å²) < 4.78 is 27.1. The number of nitrogens with one attached hydrogen (secondary N) is 1. The van der Waals surface area contributed by atoms with Crippen molar-refractivity contribution in [3.05, 3.63) is 59.1 Å². The molecule has 5 nitrogen and oxygen atoms in total. The second-order valence-corrected chi connectivity index (χ2v) is 7.78. The molecule has 7 heteroatoms. The van der Waals surface area contributed by atoms with Crippen molar-refractivity contribution < 1.29 is 13.2 Å². The van der Waals surface area contributed by atoms with Crippen molar-refractivity contribution in [1.29, 1.82) is 0 Å². The van der Waals surface area contributed by atoms with E-state index in [1.807, 2.05) is 0 Å². The lowest BCUT2D eigenvalue weighted by Crippen LogP contribution is -2.23. The van der Waals surface area contributed by atoms with Gasteiger partial charge in [0.05, 0.1) is 5.75 Å². The maximum Gasteiger partial charge on any atom is 0.236 e. The van der Waals surface area contributed by atoms with E-state index in [9.17, 15) is 13.2 Å². The Bertz CT molecular complexity index is 850. The van der Waals surface area contributed by atoms with Gasteiger partial charge in [-0.05, 0) is 42.3 Å². The summed E-state index contributed by atoms with van der Waals surface area (Å²) >= 11 is 6.01. The number of amides is 1. The summed E-state index contributed by atoms with van der Waals surface area (Å²) in [5, 5.41) is 0.422. The Morgan fingerprint density at radius 3 is 2.42 bits per heavy atom. The molecule has 1 saturated heterocycles. The average molecular weight is 365 g/mol. The van der Waals surface area contributed by atoms with Crippen LogP contribution in [0.4, 0.5) is 11.4 Å². The smallest absolute Gasteiger partial charge is 0.236 e. The number of hydrogen-bond donors (Lipinski definition) is 1. The van der Waals surface area contributed by atoms with Gasteiger partial charge in [0.15, 0.2) is 0 Å². The van der Waals surface area contributed by atoms with E-state index in [1.165, 1.54) is 0 Å². The zero-order chi connectivity index (χ0) is 17.2. The van der Waals surface area contributed by atoms with Gasteiger partial charge in [0.1, 0.15) is 0 Å². The molecule has 0 atom stereocenters. The third-order valence-corrected chi connectivity index (χ3v) is 5.44. The predicted molar refractivity (Wildman–Crippen MR) is 95.7 cm³/mol. The summed E-state index contributed by atoms with van der Waals surface area (Å²) in [4.78, 5) is 13.4. The van der Waals surface area contributed by atoms with Crippen molar-refractivity contribution in [2.24, 2.45) is 0 Å². The molecule has 0 unspecified atom stereocenters. The normalized spacial score (nSPS) is 14.9. The van der Waals surface area contributed by atoms with E-state index in [4.69, 9.17) is 11.6 Å². The van der Waals surface area contributed by atoms with E-state index in [1.54, 1.807) is 53.4 Å². The summed E-state index contributed by atoms with van der Waals surface area (Å²) in [5.41, 5.74) is 1.79. The van der Waals surface area contributed by atoms with E-state index in [0.717, 1.165) is 12.1 Å². The van der Waals surface area contributed by atoms with Crippen LogP contribution in [0.25, 0.3) is 0 Å². The molecule has 3 rings (SSSR count). The molecule has 1 amide bonds. The van der Waals surface area contributed by atoms with Crippen LogP contribution in [0.2, 0.25) is 5.02 Å². The highest BCUT2D eigenvalue weighted by molar-refractivity contribution is 7.91. The number of carbonyl (C=O) groups excluding carboxylic acids is 1. The van der Waals surface area contributed by atoms with Gasteiger partial charge in [0.2, 0.25) is 15.9 Å². The van der Waals surface area contributed by atoms with Gasteiger partial charge in [-0.1, -0.05) is 29.8 Å². The lowest BCUT2D eigenvalue weighted by atomic mass is 10.2. The number of carbonyl (C=O) groups is 1. The first-order valence-electron chi connectivity index (χ1n) is 7.59. The Morgan fingerprint density at radius 1 is 1.08 bits per heavy atom. The highest BCUT2D eigenvalue weighted by Crippen LogP contribution is 2.24. The van der Waals surface area contributed by atoms with Crippen molar-refractivity contribution >= 4 is 38.9 Å². The van der Waals surface area contributed by atoms with Crippen molar-refractivity contribution in [3.63, 3.8) is 0 Å². The second kappa shape index (κ2) is 6.83. The monoisotopic (exact) mass is 364 g/mol. The van der Waals surface area contributed by atoms with Crippen LogP contribution < -0.4 is 9.62 Å². The molecule has 0 saturated carbocycles. The van der Waals surface area contributed by atoms with Crippen molar-refractivity contribution in [2.45, 2.75) is 18.6 Å². The molecule has 126 valence electrons. The molecular formula is C17H17ClN2O3S. The van der Waals surface area contributed by atoms with E-state index < -0.39 is 10.0 Å². The SMILES string of the molecule is O=C1CCCN1c1ccc(NS(=O)(=O)Cc2ccccc2Cl)cc1. The van der Waals surface area contributed by atoms with Crippen LogP contribution >= 0.6 is 11.6 Å². The fraction of sp³-hybridized carbons (Fsp3) is 0.235. The van der Waals surface area contributed by atoms with Gasteiger partial charge in [0.25, 0.3) is 0 Å². The average Bonchev–Trinajstić information content (AvgIpc) is 2.96. The zero-order valence-electron chi connectivity index (χ0n) is 12.9. The number of benzene rings is 2. The van der Waals surface area contributed by atoms with Gasteiger partial charge in [-0.2, -0.15) is 0 Å².